The van der Waals surface area contributed by atoms with Crippen LogP contribution in [0.3, 0.4) is 0 Å². The Labute approximate surface area is 113 Å². The highest BCUT2D eigenvalue weighted by Gasteiger charge is 2.38. The fourth-order valence-electron chi connectivity index (χ4n) is 2.26. The third-order valence-corrected chi connectivity index (χ3v) is 3.16. The second-order valence-electron chi connectivity index (χ2n) is 4.29. The van der Waals surface area contributed by atoms with Gasteiger partial charge in [0, 0.05) is 5.56 Å². The molecular formula is C15H8FNO3. The molecule has 0 saturated heterocycles. The second-order valence-corrected chi connectivity index (χ2v) is 4.29. The van der Waals surface area contributed by atoms with Crippen molar-refractivity contribution in [3.8, 4) is 0 Å². The highest BCUT2D eigenvalue weighted by atomic mass is 19.1. The number of para-hydroxylation sites is 1. The molecule has 0 bridgehead atoms. The molecule has 1 aliphatic rings. The lowest BCUT2D eigenvalue weighted by molar-refractivity contribution is 0.0925. The largest absolute Gasteiger partial charge is 0.298 e. The van der Waals surface area contributed by atoms with Gasteiger partial charge < -0.3 is 0 Å². The van der Waals surface area contributed by atoms with Crippen LogP contribution in [0.5, 0.6) is 0 Å². The quantitative estimate of drug-likeness (QED) is 0.621. The highest BCUT2D eigenvalue weighted by molar-refractivity contribution is 6.35. The molecule has 0 fully saturated rings. The predicted octanol–water partition coefficient (Wildman–Crippen LogP) is 2.44. The number of hydrogen-bond acceptors (Lipinski definition) is 3. The molecule has 0 N–H and O–H groups in total. The Balaban J connectivity index is 2.22. The normalized spacial score (nSPS) is 13.6. The van der Waals surface area contributed by atoms with Crippen LogP contribution < -0.4 is 4.90 Å². The molecule has 1 heterocycles. The molecule has 5 heteroatoms. The summed E-state index contributed by atoms with van der Waals surface area (Å²) in [7, 11) is 0. The zero-order valence-corrected chi connectivity index (χ0v) is 10.2. The van der Waals surface area contributed by atoms with Gasteiger partial charge in [-0.25, -0.2) is 9.29 Å². The number of fused-ring (bicyclic) bond motifs is 1. The van der Waals surface area contributed by atoms with E-state index in [4.69, 9.17) is 0 Å². The van der Waals surface area contributed by atoms with Gasteiger partial charge in [0.1, 0.15) is 5.82 Å². The number of anilines is 1. The van der Waals surface area contributed by atoms with E-state index in [0.29, 0.717) is 11.2 Å². The Morgan fingerprint density at radius 2 is 1.50 bits per heavy atom. The van der Waals surface area contributed by atoms with Crippen LogP contribution in [0.1, 0.15) is 31.1 Å². The van der Waals surface area contributed by atoms with E-state index >= 15 is 0 Å². The third kappa shape index (κ3) is 1.56. The summed E-state index contributed by atoms with van der Waals surface area (Å²) < 4.78 is 14.0. The van der Waals surface area contributed by atoms with Gasteiger partial charge in [-0.15, -0.1) is 0 Å². The van der Waals surface area contributed by atoms with E-state index in [2.05, 4.69) is 0 Å². The van der Waals surface area contributed by atoms with Gasteiger partial charge in [0.2, 0.25) is 0 Å². The lowest BCUT2D eigenvalue weighted by Gasteiger charge is -2.16. The minimum Gasteiger partial charge on any atom is -0.298 e. The highest BCUT2D eigenvalue weighted by Crippen LogP contribution is 2.31. The van der Waals surface area contributed by atoms with E-state index in [1.165, 1.54) is 24.3 Å². The summed E-state index contributed by atoms with van der Waals surface area (Å²) in [6, 6.07) is 10.0. The van der Waals surface area contributed by atoms with Crippen molar-refractivity contribution in [2.24, 2.45) is 0 Å². The molecule has 3 rings (SSSR count). The maximum absolute atomic E-state index is 14.0. The third-order valence-electron chi connectivity index (χ3n) is 3.16. The molecule has 2 aromatic rings. The molecule has 0 saturated carbocycles. The molecule has 1 aliphatic heterocycles. The second kappa shape index (κ2) is 4.38. The minimum absolute atomic E-state index is 0.0421. The SMILES string of the molecule is O=Cc1cccc(F)c1N1C(=O)c2ccccc2C1=O. The zero-order valence-electron chi connectivity index (χ0n) is 10.2. The number of nitrogens with zero attached hydrogens (tertiary/aromatic N) is 1. The molecule has 0 aliphatic carbocycles. The van der Waals surface area contributed by atoms with Crippen LogP contribution >= 0.6 is 0 Å². The monoisotopic (exact) mass is 269 g/mol. The molecule has 4 nitrogen and oxygen atoms in total. The maximum Gasteiger partial charge on any atom is 0.266 e. The van der Waals surface area contributed by atoms with E-state index < -0.39 is 17.6 Å². The summed E-state index contributed by atoms with van der Waals surface area (Å²) in [6.45, 7) is 0. The van der Waals surface area contributed by atoms with Crippen molar-refractivity contribution in [1.29, 1.82) is 0 Å². The Hall–Kier alpha value is -2.82. The van der Waals surface area contributed by atoms with Crippen molar-refractivity contribution in [2.45, 2.75) is 0 Å². The molecule has 98 valence electrons. The lowest BCUT2D eigenvalue weighted by Crippen LogP contribution is -2.31. The first-order chi connectivity index (χ1) is 9.65. The van der Waals surface area contributed by atoms with Crippen molar-refractivity contribution < 1.29 is 18.8 Å². The summed E-state index contributed by atoms with van der Waals surface area (Å²) in [5, 5.41) is 0. The van der Waals surface area contributed by atoms with Crippen LogP contribution in [0.15, 0.2) is 42.5 Å². The fourth-order valence-corrected chi connectivity index (χ4v) is 2.26. The van der Waals surface area contributed by atoms with E-state index in [-0.39, 0.29) is 22.4 Å². The van der Waals surface area contributed by atoms with Gasteiger partial charge in [-0.2, -0.15) is 0 Å². The number of imide groups is 1. The van der Waals surface area contributed by atoms with Gasteiger partial charge in [0.05, 0.1) is 16.8 Å². The van der Waals surface area contributed by atoms with Gasteiger partial charge in [-0.1, -0.05) is 18.2 Å². The van der Waals surface area contributed by atoms with Crippen LogP contribution in [0.4, 0.5) is 10.1 Å². The number of hydrogen-bond donors (Lipinski definition) is 0. The molecule has 0 aromatic heterocycles. The van der Waals surface area contributed by atoms with Gasteiger partial charge in [0.25, 0.3) is 11.8 Å². The summed E-state index contributed by atoms with van der Waals surface area (Å²) in [4.78, 5) is 36.2. The van der Waals surface area contributed by atoms with Crippen LogP contribution in [0.2, 0.25) is 0 Å². The predicted molar refractivity (Wildman–Crippen MR) is 69.4 cm³/mol. The standard InChI is InChI=1S/C15H8FNO3/c16-12-7-3-4-9(8-18)13(12)17-14(19)10-5-1-2-6-11(10)15(17)20/h1-8H. The number of carbonyl (C=O) groups excluding carboxylic acids is 3. The molecule has 2 amide bonds. The average molecular weight is 269 g/mol. The zero-order chi connectivity index (χ0) is 14.3. The molecule has 2 aromatic carbocycles. The maximum atomic E-state index is 14.0. The summed E-state index contributed by atoms with van der Waals surface area (Å²) in [5.74, 6) is -2.04. The van der Waals surface area contributed by atoms with Crippen molar-refractivity contribution in [3.05, 3.63) is 65.0 Å². The van der Waals surface area contributed by atoms with Crippen LogP contribution in [0.25, 0.3) is 0 Å². The Morgan fingerprint density at radius 1 is 0.900 bits per heavy atom. The number of carbonyl (C=O) groups is 3. The average Bonchev–Trinajstić information content (AvgIpc) is 2.72. The molecule has 0 spiro atoms. The summed E-state index contributed by atoms with van der Waals surface area (Å²) >= 11 is 0. The lowest BCUT2D eigenvalue weighted by atomic mass is 10.1. The Bertz CT molecular complexity index is 720. The number of amides is 2. The molecule has 0 atom stereocenters. The van der Waals surface area contributed by atoms with Crippen LogP contribution in [0, 0.1) is 5.82 Å². The first-order valence-corrected chi connectivity index (χ1v) is 5.86. The smallest absolute Gasteiger partial charge is 0.266 e. The summed E-state index contributed by atoms with van der Waals surface area (Å²) in [5.41, 5.74) is 0.0726. The van der Waals surface area contributed by atoms with Gasteiger partial charge in [-0.05, 0) is 24.3 Å². The number of rotatable bonds is 2. The molecule has 20 heavy (non-hydrogen) atoms. The van der Waals surface area contributed by atoms with Gasteiger partial charge in [-0.3, -0.25) is 14.4 Å². The first kappa shape index (κ1) is 12.2. The van der Waals surface area contributed by atoms with E-state index in [9.17, 15) is 18.8 Å². The van der Waals surface area contributed by atoms with E-state index in [0.717, 1.165) is 6.07 Å². The number of benzene rings is 2. The van der Waals surface area contributed by atoms with Crippen molar-refractivity contribution in [3.63, 3.8) is 0 Å². The van der Waals surface area contributed by atoms with Gasteiger partial charge >= 0.3 is 0 Å². The summed E-state index contributed by atoms with van der Waals surface area (Å²) in [6.07, 6.45) is 0.419. The van der Waals surface area contributed by atoms with Crippen molar-refractivity contribution in [1.82, 2.24) is 0 Å². The van der Waals surface area contributed by atoms with E-state index in [1.807, 2.05) is 0 Å². The molecule has 0 unspecified atom stereocenters. The van der Waals surface area contributed by atoms with E-state index in [1.54, 1.807) is 12.1 Å². The first-order valence-electron chi connectivity index (χ1n) is 5.86. The van der Waals surface area contributed by atoms with Crippen molar-refractivity contribution in [2.75, 3.05) is 4.90 Å². The van der Waals surface area contributed by atoms with Crippen molar-refractivity contribution >= 4 is 23.8 Å². The number of aldehydes is 1. The minimum atomic E-state index is -0.788. The number of halogens is 1. The molecule has 0 radical (unpaired) electrons. The van der Waals surface area contributed by atoms with Gasteiger partial charge in [0.15, 0.2) is 6.29 Å². The Kier molecular flexibility index (Phi) is 2.68. The molecular weight excluding hydrogens is 261 g/mol. The van der Waals surface area contributed by atoms with Crippen LogP contribution in [-0.2, 0) is 0 Å². The van der Waals surface area contributed by atoms with Crippen LogP contribution in [-0.4, -0.2) is 18.1 Å². The fraction of sp³-hybridized carbons (Fsp3) is 0. The topological polar surface area (TPSA) is 54.5 Å². The Morgan fingerprint density at radius 3 is 2.05 bits per heavy atom.